The Morgan fingerprint density at radius 2 is 1.86 bits per heavy atom. The maximum atomic E-state index is 12.9. The van der Waals surface area contributed by atoms with E-state index in [0.29, 0.717) is 5.69 Å². The van der Waals surface area contributed by atoms with E-state index in [2.05, 4.69) is 15.7 Å². The van der Waals surface area contributed by atoms with Crippen LogP contribution in [0.5, 0.6) is 5.75 Å². The number of aryl methyl sites for hydroxylation is 1. The van der Waals surface area contributed by atoms with E-state index in [1.165, 1.54) is 39.0 Å². The Balaban J connectivity index is 0.000000277. The molecule has 2 aromatic rings. The zero-order valence-corrected chi connectivity index (χ0v) is 25.8. The number of likely N-dealkylation sites (tertiary alicyclic amines) is 1. The van der Waals surface area contributed by atoms with Gasteiger partial charge in [-0.1, -0.05) is 52.9 Å². The Labute approximate surface area is 251 Å². The first kappa shape index (κ1) is 35.8. The number of aliphatic hydroxyl groups is 1. The number of amides is 2. The van der Waals surface area contributed by atoms with Crippen molar-refractivity contribution in [2.45, 2.75) is 97.6 Å². The molecule has 4 rings (SSSR count). The van der Waals surface area contributed by atoms with Crippen molar-refractivity contribution in [3.8, 4) is 5.75 Å². The van der Waals surface area contributed by atoms with Gasteiger partial charge in [0.15, 0.2) is 5.78 Å². The smallest absolute Gasteiger partial charge is 0.270 e. The number of carbonyl (C=O) groups is 3. The predicted molar refractivity (Wildman–Crippen MR) is 160 cm³/mol. The third-order valence-electron chi connectivity index (χ3n) is 7.71. The molecule has 1 aromatic carbocycles. The van der Waals surface area contributed by atoms with Crippen LogP contribution in [0.3, 0.4) is 0 Å². The maximum Gasteiger partial charge on any atom is 0.270 e. The molecule has 1 aliphatic heterocycles. The number of aromatic nitrogens is 2. The fourth-order valence-electron chi connectivity index (χ4n) is 5.08. The molecule has 2 fully saturated rings. The van der Waals surface area contributed by atoms with Gasteiger partial charge in [0, 0.05) is 18.5 Å². The number of benzene rings is 1. The summed E-state index contributed by atoms with van der Waals surface area (Å²) in [5, 5.41) is 9.95. The molecule has 3 atom stereocenters. The van der Waals surface area contributed by atoms with Crippen molar-refractivity contribution in [3.63, 3.8) is 0 Å². The van der Waals surface area contributed by atoms with Gasteiger partial charge in [-0.2, -0.15) is 0 Å². The van der Waals surface area contributed by atoms with E-state index >= 15 is 0 Å². The van der Waals surface area contributed by atoms with E-state index in [1.54, 1.807) is 27.9 Å². The van der Waals surface area contributed by atoms with E-state index in [9.17, 15) is 28.3 Å². The number of aromatic amines is 1. The highest BCUT2D eigenvalue weighted by atomic mass is 19.3. The summed E-state index contributed by atoms with van der Waals surface area (Å²) >= 11 is 0. The molecule has 10 nitrogen and oxygen atoms in total. The van der Waals surface area contributed by atoms with E-state index in [4.69, 9.17) is 9.53 Å². The lowest BCUT2D eigenvalue weighted by molar-refractivity contribution is -0.150. The van der Waals surface area contributed by atoms with E-state index in [-0.39, 0.29) is 24.9 Å². The zero-order chi connectivity index (χ0) is 32.3. The largest absolute Gasteiger partial charge is 0.497 e. The minimum Gasteiger partial charge on any atom is -0.497 e. The SMILES string of the molecule is CC(=O)C1C(C(F)F)CCN1C(=O)[C@@H](O)C(C)(C)C.COc1ccc2nc(CCCCCC3CC3)c(=O)[nH]c2c1.NC=O. The Morgan fingerprint density at radius 1 is 1.21 bits per heavy atom. The molecule has 1 saturated heterocycles. The van der Waals surface area contributed by atoms with Crippen LogP contribution in [0.15, 0.2) is 23.0 Å². The zero-order valence-electron chi connectivity index (χ0n) is 25.8. The number of ketones is 1. The monoisotopic (exact) mass is 608 g/mol. The first-order valence-corrected chi connectivity index (χ1v) is 14.7. The molecule has 2 aliphatic rings. The number of nitrogens with one attached hydrogen (secondary N) is 1. The van der Waals surface area contributed by atoms with Crippen LogP contribution >= 0.6 is 0 Å². The van der Waals surface area contributed by atoms with Crippen LogP contribution in [0.2, 0.25) is 0 Å². The lowest BCUT2D eigenvalue weighted by Crippen LogP contribution is -2.50. The molecule has 240 valence electrons. The second-order valence-corrected chi connectivity index (χ2v) is 12.2. The van der Waals surface area contributed by atoms with Crippen LogP contribution < -0.4 is 16.0 Å². The number of H-pyrrole nitrogens is 1. The molecule has 0 spiro atoms. The fraction of sp³-hybridized carbons (Fsp3) is 0.645. The van der Waals surface area contributed by atoms with Crippen molar-refractivity contribution >= 4 is 29.1 Å². The number of Topliss-reactive ketones (excluding diaryl/α,β-unsaturated/α-hetero) is 1. The van der Waals surface area contributed by atoms with Crippen LogP contribution in [0.4, 0.5) is 8.78 Å². The number of nitrogens with two attached hydrogens (primary N) is 1. The van der Waals surface area contributed by atoms with Gasteiger partial charge < -0.3 is 25.5 Å². The normalized spacial score (nSPS) is 18.8. The van der Waals surface area contributed by atoms with Gasteiger partial charge in [0.25, 0.3) is 11.5 Å². The molecule has 1 saturated carbocycles. The van der Waals surface area contributed by atoms with E-state index < -0.39 is 41.6 Å². The molecule has 12 heteroatoms. The van der Waals surface area contributed by atoms with Crippen LogP contribution in [0.25, 0.3) is 11.0 Å². The highest BCUT2D eigenvalue weighted by molar-refractivity contribution is 5.90. The third kappa shape index (κ3) is 10.7. The third-order valence-corrected chi connectivity index (χ3v) is 7.71. The maximum absolute atomic E-state index is 12.9. The Morgan fingerprint density at radius 3 is 2.40 bits per heavy atom. The number of nitrogens with zero attached hydrogens (tertiary/aromatic N) is 2. The summed E-state index contributed by atoms with van der Waals surface area (Å²) in [7, 11) is 1.61. The second-order valence-electron chi connectivity index (χ2n) is 12.2. The van der Waals surface area contributed by atoms with Gasteiger partial charge in [0.2, 0.25) is 12.8 Å². The molecular formula is C31H46F2N4O6. The van der Waals surface area contributed by atoms with Crippen molar-refractivity contribution in [3.05, 3.63) is 34.2 Å². The molecule has 0 bridgehead atoms. The average molecular weight is 609 g/mol. The molecule has 1 aliphatic carbocycles. The number of ether oxygens (including phenoxy) is 1. The van der Waals surface area contributed by atoms with Gasteiger partial charge in [-0.05, 0) is 49.7 Å². The molecule has 0 radical (unpaired) electrons. The summed E-state index contributed by atoms with van der Waals surface area (Å²) in [5.74, 6) is -0.503. The number of fused-ring (bicyclic) bond motifs is 1. The first-order chi connectivity index (χ1) is 20.2. The minimum atomic E-state index is -2.64. The molecule has 2 unspecified atom stereocenters. The number of alkyl halides is 2. The number of rotatable bonds is 10. The lowest BCUT2D eigenvalue weighted by atomic mass is 9.88. The molecule has 43 heavy (non-hydrogen) atoms. The van der Waals surface area contributed by atoms with Gasteiger partial charge in [-0.25, -0.2) is 13.8 Å². The van der Waals surface area contributed by atoms with Crippen molar-refractivity contribution < 1.29 is 33.0 Å². The standard InChI is InChI=1S/C17H22N2O2.C13H21F2NO3.CH3NO/c1-21-13-9-10-14-16(11-13)19-17(20)15(18-14)6-4-2-3-5-12-7-8-12;1-7(17)9-8(11(14)15)5-6-16(9)12(19)10(18)13(2,3)4;2-1-3/h9-12H,2-8H2,1H3,(H,19,20);8-11,18H,5-6H2,1-4H3;1H,(H2,2,3)/t;8?,9?,10-;/m.1./s1. The van der Waals surface area contributed by atoms with Crippen molar-refractivity contribution in [2.75, 3.05) is 13.7 Å². The van der Waals surface area contributed by atoms with Crippen molar-refractivity contribution in [2.24, 2.45) is 23.0 Å². The van der Waals surface area contributed by atoms with Gasteiger partial charge in [-0.3, -0.25) is 19.2 Å². The highest BCUT2D eigenvalue weighted by Gasteiger charge is 2.47. The summed E-state index contributed by atoms with van der Waals surface area (Å²) < 4.78 is 30.9. The highest BCUT2D eigenvalue weighted by Crippen LogP contribution is 2.34. The average Bonchev–Trinajstić information content (AvgIpc) is 3.65. The van der Waals surface area contributed by atoms with E-state index in [1.807, 2.05) is 18.2 Å². The predicted octanol–water partition coefficient (Wildman–Crippen LogP) is 4.01. The summed E-state index contributed by atoms with van der Waals surface area (Å²) in [4.78, 5) is 52.8. The number of primary amides is 1. The van der Waals surface area contributed by atoms with Gasteiger partial charge >= 0.3 is 0 Å². The van der Waals surface area contributed by atoms with Crippen LogP contribution in [0, 0.1) is 17.3 Å². The number of aliphatic hydroxyl groups excluding tert-OH is 1. The minimum absolute atomic E-state index is 0.0713. The number of hydrogen-bond donors (Lipinski definition) is 3. The number of halogens is 2. The Hall–Kier alpha value is -3.41. The Kier molecular flexibility index (Phi) is 13.7. The topological polar surface area (TPSA) is 156 Å². The van der Waals surface area contributed by atoms with Crippen LogP contribution in [0.1, 0.15) is 78.3 Å². The quantitative estimate of drug-likeness (QED) is 0.272. The van der Waals surface area contributed by atoms with Crippen molar-refractivity contribution in [1.82, 2.24) is 14.9 Å². The summed E-state index contributed by atoms with van der Waals surface area (Å²) in [6.07, 6.45) is 4.90. The summed E-state index contributed by atoms with van der Waals surface area (Å²) in [6, 6.07) is 4.45. The summed E-state index contributed by atoms with van der Waals surface area (Å²) in [5.41, 5.74) is 5.61. The van der Waals surface area contributed by atoms with Crippen molar-refractivity contribution in [1.29, 1.82) is 0 Å². The van der Waals surface area contributed by atoms with Gasteiger partial charge in [0.05, 0.1) is 24.2 Å². The number of unbranched alkanes of at least 4 members (excludes halogenated alkanes) is 2. The van der Waals surface area contributed by atoms with Gasteiger partial charge in [-0.15, -0.1) is 0 Å². The number of carbonyl (C=O) groups excluding carboxylic acids is 3. The molecule has 1 aromatic heterocycles. The molecule has 4 N–H and O–H groups in total. The molecular weight excluding hydrogens is 562 g/mol. The van der Waals surface area contributed by atoms with Gasteiger partial charge in [0.1, 0.15) is 17.5 Å². The summed E-state index contributed by atoms with van der Waals surface area (Å²) in [6.45, 7) is 6.33. The fourth-order valence-corrected chi connectivity index (χ4v) is 5.08. The second kappa shape index (κ2) is 16.4. The first-order valence-electron chi connectivity index (χ1n) is 14.7. The Bertz CT molecular complexity index is 1280. The van der Waals surface area contributed by atoms with Crippen LogP contribution in [-0.4, -0.2) is 70.3 Å². The van der Waals surface area contributed by atoms with Crippen LogP contribution in [-0.2, 0) is 20.8 Å². The van der Waals surface area contributed by atoms with E-state index in [0.717, 1.165) is 40.4 Å². The number of hydrogen-bond acceptors (Lipinski definition) is 7. The number of methoxy groups -OCH3 is 1. The molecule has 2 amide bonds. The lowest BCUT2D eigenvalue weighted by Gasteiger charge is -2.32. The molecule has 2 heterocycles.